The molecule has 1 aromatic heterocycles. The molecule has 2 heterocycles. The van der Waals surface area contributed by atoms with Gasteiger partial charge in [0.2, 0.25) is 12.7 Å². The van der Waals surface area contributed by atoms with E-state index < -0.39 is 6.04 Å². The average Bonchev–Trinajstić information content (AvgIpc) is 3.66. The third kappa shape index (κ3) is 5.04. The van der Waals surface area contributed by atoms with Crippen LogP contribution in [0.5, 0.6) is 11.5 Å². The maximum Gasteiger partial charge on any atom is 0.290 e. The third-order valence-electron chi connectivity index (χ3n) is 6.75. The van der Waals surface area contributed by atoms with Gasteiger partial charge in [-0.1, -0.05) is 50.1 Å². The van der Waals surface area contributed by atoms with Gasteiger partial charge >= 0.3 is 0 Å². The molecule has 1 aliphatic carbocycles. The summed E-state index contributed by atoms with van der Waals surface area (Å²) in [7, 11) is 0. The van der Waals surface area contributed by atoms with Gasteiger partial charge in [-0.05, 0) is 60.2 Å². The molecular formula is C28H30N2O5. The van der Waals surface area contributed by atoms with Gasteiger partial charge in [0, 0.05) is 12.6 Å². The molecule has 1 fully saturated rings. The number of rotatable bonds is 8. The van der Waals surface area contributed by atoms with Crippen molar-refractivity contribution in [1.82, 2.24) is 10.2 Å². The van der Waals surface area contributed by atoms with E-state index in [1.54, 1.807) is 17.0 Å². The van der Waals surface area contributed by atoms with E-state index in [4.69, 9.17) is 13.9 Å². The summed E-state index contributed by atoms with van der Waals surface area (Å²) in [4.78, 5) is 29.1. The largest absolute Gasteiger partial charge is 0.459 e. The minimum Gasteiger partial charge on any atom is -0.459 e. The lowest BCUT2D eigenvalue weighted by atomic mass is 9.99. The van der Waals surface area contributed by atoms with Crippen LogP contribution in [0.3, 0.4) is 0 Å². The second-order valence-corrected chi connectivity index (χ2v) is 9.09. The predicted octanol–water partition coefficient (Wildman–Crippen LogP) is 5.01. The molecule has 1 saturated carbocycles. The molecule has 0 saturated heterocycles. The number of carbonyl (C=O) groups is 2. The van der Waals surface area contributed by atoms with Crippen LogP contribution in [0.1, 0.15) is 65.9 Å². The predicted molar refractivity (Wildman–Crippen MR) is 130 cm³/mol. The maximum atomic E-state index is 13.8. The summed E-state index contributed by atoms with van der Waals surface area (Å²) >= 11 is 0. The minimum absolute atomic E-state index is 0.131. The van der Waals surface area contributed by atoms with Crippen LogP contribution in [0.4, 0.5) is 0 Å². The molecule has 5 rings (SSSR count). The first-order chi connectivity index (χ1) is 17.1. The van der Waals surface area contributed by atoms with Crippen molar-refractivity contribution in [3.05, 3.63) is 83.3 Å². The molecule has 182 valence electrons. The molecule has 2 aliphatic rings. The lowest BCUT2D eigenvalue weighted by molar-refractivity contribution is -0.126. The van der Waals surface area contributed by atoms with Crippen molar-refractivity contribution in [2.24, 2.45) is 0 Å². The van der Waals surface area contributed by atoms with Gasteiger partial charge in [-0.15, -0.1) is 0 Å². The van der Waals surface area contributed by atoms with E-state index in [1.165, 1.54) is 11.8 Å². The third-order valence-corrected chi connectivity index (χ3v) is 6.75. The number of benzene rings is 2. The molecule has 1 aliphatic heterocycles. The Morgan fingerprint density at radius 1 is 1.00 bits per heavy atom. The minimum atomic E-state index is -0.815. The zero-order chi connectivity index (χ0) is 24.2. The first-order valence-electron chi connectivity index (χ1n) is 12.2. The molecule has 1 N–H and O–H groups in total. The summed E-state index contributed by atoms with van der Waals surface area (Å²) in [6.07, 6.45) is 6.49. The quantitative estimate of drug-likeness (QED) is 0.496. The second-order valence-electron chi connectivity index (χ2n) is 9.09. The van der Waals surface area contributed by atoms with Crippen LogP contribution in [-0.2, 0) is 17.8 Å². The zero-order valence-electron chi connectivity index (χ0n) is 19.9. The monoisotopic (exact) mass is 474 g/mol. The average molecular weight is 475 g/mol. The number of nitrogens with zero attached hydrogens (tertiary/aromatic N) is 1. The summed E-state index contributed by atoms with van der Waals surface area (Å²) in [5.41, 5.74) is 2.76. The fraction of sp³-hybridized carbons (Fsp3) is 0.357. The summed E-state index contributed by atoms with van der Waals surface area (Å²) < 4.78 is 16.4. The Hall–Kier alpha value is -3.74. The number of hydrogen-bond donors (Lipinski definition) is 1. The Morgan fingerprint density at radius 3 is 2.46 bits per heavy atom. The number of hydrogen-bond acceptors (Lipinski definition) is 5. The Balaban J connectivity index is 1.53. The molecular weight excluding hydrogens is 444 g/mol. The van der Waals surface area contributed by atoms with E-state index >= 15 is 0 Å². The van der Waals surface area contributed by atoms with Crippen LogP contribution in [0.15, 0.2) is 65.3 Å². The van der Waals surface area contributed by atoms with Gasteiger partial charge in [0.15, 0.2) is 17.3 Å². The number of furan rings is 1. The Morgan fingerprint density at radius 2 is 1.74 bits per heavy atom. The van der Waals surface area contributed by atoms with Crippen molar-refractivity contribution >= 4 is 11.8 Å². The highest BCUT2D eigenvalue weighted by Gasteiger charge is 2.35. The second kappa shape index (κ2) is 10.3. The van der Waals surface area contributed by atoms with Gasteiger partial charge in [-0.2, -0.15) is 0 Å². The highest BCUT2D eigenvalue weighted by Crippen LogP contribution is 2.34. The molecule has 7 nitrogen and oxygen atoms in total. The highest BCUT2D eigenvalue weighted by molar-refractivity contribution is 5.96. The highest BCUT2D eigenvalue weighted by atomic mass is 16.7. The van der Waals surface area contributed by atoms with Crippen LogP contribution in [-0.4, -0.2) is 29.5 Å². The van der Waals surface area contributed by atoms with Crippen LogP contribution < -0.4 is 14.8 Å². The fourth-order valence-corrected chi connectivity index (χ4v) is 4.82. The van der Waals surface area contributed by atoms with Gasteiger partial charge in [0.1, 0.15) is 6.04 Å². The first-order valence-corrected chi connectivity index (χ1v) is 12.2. The van der Waals surface area contributed by atoms with E-state index in [0.717, 1.165) is 43.2 Å². The maximum absolute atomic E-state index is 13.8. The van der Waals surface area contributed by atoms with Gasteiger partial charge < -0.3 is 24.1 Å². The Bertz CT molecular complexity index is 1170. The fourth-order valence-electron chi connectivity index (χ4n) is 4.82. The molecule has 0 unspecified atom stereocenters. The topological polar surface area (TPSA) is 81.0 Å². The molecule has 3 aromatic rings. The summed E-state index contributed by atoms with van der Waals surface area (Å²) in [6, 6.07) is 16.1. The van der Waals surface area contributed by atoms with Crippen molar-refractivity contribution in [2.45, 2.75) is 57.7 Å². The molecule has 2 amide bonds. The standard InChI is InChI=1S/C28H30N2O5/c1-2-19-9-12-21(13-10-19)26(27(31)29-22-6-3-4-7-22)30(28(32)24-8-5-15-33-24)17-20-11-14-23-25(16-20)35-18-34-23/h5,8-16,22,26H,2-4,6-7,17-18H2,1H3,(H,29,31)/t26-/m1/s1. The van der Waals surface area contributed by atoms with E-state index in [9.17, 15) is 9.59 Å². The zero-order valence-corrected chi connectivity index (χ0v) is 19.9. The summed E-state index contributed by atoms with van der Waals surface area (Å²) in [5, 5.41) is 3.21. The van der Waals surface area contributed by atoms with Crippen molar-refractivity contribution in [3.63, 3.8) is 0 Å². The molecule has 1 atom stereocenters. The van der Waals surface area contributed by atoms with Gasteiger partial charge in [-0.3, -0.25) is 9.59 Å². The smallest absolute Gasteiger partial charge is 0.290 e. The normalized spacial score (nSPS) is 15.7. The van der Waals surface area contributed by atoms with Crippen LogP contribution in [0.2, 0.25) is 0 Å². The van der Waals surface area contributed by atoms with E-state index in [-0.39, 0.29) is 37.0 Å². The van der Waals surface area contributed by atoms with E-state index in [2.05, 4.69) is 12.2 Å². The van der Waals surface area contributed by atoms with Crippen LogP contribution >= 0.6 is 0 Å². The van der Waals surface area contributed by atoms with Gasteiger partial charge in [0.05, 0.1) is 6.26 Å². The van der Waals surface area contributed by atoms with Gasteiger partial charge in [-0.25, -0.2) is 0 Å². The Labute approximate surface area is 205 Å². The SMILES string of the molecule is CCc1ccc([C@H](C(=O)NC2CCCC2)N(Cc2ccc3c(c2)OCO3)C(=O)c2ccco2)cc1. The van der Waals surface area contributed by atoms with Crippen molar-refractivity contribution in [1.29, 1.82) is 0 Å². The molecule has 0 bridgehead atoms. The van der Waals surface area contributed by atoms with Crippen molar-refractivity contribution < 1.29 is 23.5 Å². The number of nitrogens with one attached hydrogen (secondary N) is 1. The molecule has 0 spiro atoms. The lowest BCUT2D eigenvalue weighted by Gasteiger charge is -2.32. The van der Waals surface area contributed by atoms with Crippen LogP contribution in [0.25, 0.3) is 0 Å². The lowest BCUT2D eigenvalue weighted by Crippen LogP contribution is -2.45. The van der Waals surface area contributed by atoms with E-state index in [0.29, 0.717) is 11.5 Å². The van der Waals surface area contributed by atoms with Crippen molar-refractivity contribution in [2.75, 3.05) is 6.79 Å². The summed E-state index contributed by atoms with van der Waals surface area (Å²) in [6.45, 7) is 2.46. The number of aryl methyl sites for hydroxylation is 1. The molecule has 7 heteroatoms. The molecule has 35 heavy (non-hydrogen) atoms. The number of amides is 2. The number of ether oxygens (including phenoxy) is 2. The van der Waals surface area contributed by atoms with Crippen LogP contribution in [0, 0.1) is 0 Å². The molecule has 2 aromatic carbocycles. The van der Waals surface area contributed by atoms with Crippen molar-refractivity contribution in [3.8, 4) is 11.5 Å². The Kier molecular flexibility index (Phi) is 6.75. The van der Waals surface area contributed by atoms with Gasteiger partial charge in [0.25, 0.3) is 5.91 Å². The number of carbonyl (C=O) groups excluding carboxylic acids is 2. The van der Waals surface area contributed by atoms with E-state index in [1.807, 2.05) is 42.5 Å². The summed E-state index contributed by atoms with van der Waals surface area (Å²) in [5.74, 6) is 0.964. The number of fused-ring (bicyclic) bond motifs is 1. The first kappa shape index (κ1) is 23.0. The molecule has 0 radical (unpaired) electrons.